The standard InChI is InChI=1S/C29H39N/c1-3-5-7-17-26-18-20-28-27(22-26)23-30-29(28)21-19-24(12-4-2)15-10-11-16-25-13-8-6-9-14-25/h3,6,8-9,13-14,18,20,22,24H,1,4-5,7,10-12,15-17,19,21,23H2,2H3. The summed E-state index contributed by atoms with van der Waals surface area (Å²) in [6.45, 7) is 7.04. The van der Waals surface area contributed by atoms with Crippen LogP contribution in [0.4, 0.5) is 0 Å². The molecule has 0 bridgehead atoms. The average Bonchev–Trinajstić information content (AvgIpc) is 3.18. The SMILES string of the molecule is C=CCCCc1ccc2c(c1)CN=C2CCC(CCC)CCCCc1ccccc1. The highest BCUT2D eigenvalue weighted by molar-refractivity contribution is 6.03. The Morgan fingerprint density at radius 2 is 1.73 bits per heavy atom. The summed E-state index contributed by atoms with van der Waals surface area (Å²) < 4.78 is 0. The highest BCUT2D eigenvalue weighted by Crippen LogP contribution is 2.27. The lowest BCUT2D eigenvalue weighted by molar-refractivity contribution is 0.405. The van der Waals surface area contributed by atoms with E-state index in [0.29, 0.717) is 0 Å². The van der Waals surface area contributed by atoms with Crippen LogP contribution in [0, 0.1) is 5.92 Å². The molecule has 1 unspecified atom stereocenters. The van der Waals surface area contributed by atoms with Gasteiger partial charge in [0.25, 0.3) is 0 Å². The van der Waals surface area contributed by atoms with Crippen molar-refractivity contribution in [3.8, 4) is 0 Å². The van der Waals surface area contributed by atoms with Crippen LogP contribution in [-0.4, -0.2) is 5.71 Å². The van der Waals surface area contributed by atoms with Crippen molar-refractivity contribution in [3.63, 3.8) is 0 Å². The van der Waals surface area contributed by atoms with E-state index in [9.17, 15) is 0 Å². The number of fused-ring (bicyclic) bond motifs is 1. The largest absolute Gasteiger partial charge is 0.284 e. The number of benzene rings is 2. The minimum Gasteiger partial charge on any atom is -0.284 e. The molecule has 1 heteroatoms. The molecule has 1 aliphatic rings. The Kier molecular flexibility index (Phi) is 9.41. The third-order valence-electron chi connectivity index (χ3n) is 6.45. The molecule has 2 aromatic carbocycles. The summed E-state index contributed by atoms with van der Waals surface area (Å²) in [5, 5.41) is 0. The number of nitrogens with zero attached hydrogens (tertiary/aromatic N) is 1. The highest BCUT2D eigenvalue weighted by Gasteiger charge is 2.18. The first-order chi connectivity index (χ1) is 14.8. The molecule has 2 aromatic rings. The molecule has 0 saturated heterocycles. The third kappa shape index (κ3) is 6.97. The summed E-state index contributed by atoms with van der Waals surface area (Å²) in [6, 6.07) is 18.0. The Hall–Kier alpha value is -2.15. The number of aryl methyl sites for hydroxylation is 2. The van der Waals surface area contributed by atoms with Gasteiger partial charge in [0.1, 0.15) is 0 Å². The van der Waals surface area contributed by atoms with E-state index in [1.807, 2.05) is 6.08 Å². The Morgan fingerprint density at radius 3 is 2.53 bits per heavy atom. The molecule has 0 fully saturated rings. The van der Waals surface area contributed by atoms with Gasteiger partial charge in [-0.25, -0.2) is 0 Å². The number of aliphatic imine (C=N–C) groups is 1. The van der Waals surface area contributed by atoms with E-state index in [2.05, 4.69) is 62.0 Å². The van der Waals surface area contributed by atoms with Crippen LogP contribution in [0.5, 0.6) is 0 Å². The molecule has 0 aliphatic carbocycles. The Morgan fingerprint density at radius 1 is 0.900 bits per heavy atom. The van der Waals surface area contributed by atoms with Gasteiger partial charge in [0, 0.05) is 11.3 Å². The fraction of sp³-hybridized carbons (Fsp3) is 0.483. The van der Waals surface area contributed by atoms with Crippen molar-refractivity contribution >= 4 is 5.71 Å². The monoisotopic (exact) mass is 401 g/mol. The van der Waals surface area contributed by atoms with E-state index >= 15 is 0 Å². The van der Waals surface area contributed by atoms with Gasteiger partial charge in [-0.15, -0.1) is 6.58 Å². The van der Waals surface area contributed by atoms with Crippen LogP contribution in [0.3, 0.4) is 0 Å². The minimum atomic E-state index is 0.843. The molecule has 1 heterocycles. The number of unbranched alkanes of at least 4 members (excludes halogenated alkanes) is 2. The molecule has 1 aliphatic heterocycles. The summed E-state index contributed by atoms with van der Waals surface area (Å²) in [5.41, 5.74) is 7.14. The van der Waals surface area contributed by atoms with E-state index in [0.717, 1.165) is 31.7 Å². The number of hydrogen-bond acceptors (Lipinski definition) is 1. The van der Waals surface area contributed by atoms with Crippen LogP contribution >= 0.6 is 0 Å². The van der Waals surface area contributed by atoms with Gasteiger partial charge in [-0.05, 0) is 67.6 Å². The van der Waals surface area contributed by atoms with Crippen LogP contribution in [0.1, 0.15) is 87.0 Å². The maximum atomic E-state index is 4.91. The van der Waals surface area contributed by atoms with Crippen LogP contribution in [-0.2, 0) is 19.4 Å². The van der Waals surface area contributed by atoms with Crippen molar-refractivity contribution in [2.24, 2.45) is 10.9 Å². The van der Waals surface area contributed by atoms with Gasteiger partial charge in [0.2, 0.25) is 0 Å². The van der Waals surface area contributed by atoms with E-state index < -0.39 is 0 Å². The van der Waals surface area contributed by atoms with Gasteiger partial charge in [-0.1, -0.05) is 87.2 Å². The molecule has 160 valence electrons. The smallest absolute Gasteiger partial charge is 0.0649 e. The zero-order valence-corrected chi connectivity index (χ0v) is 18.9. The van der Waals surface area contributed by atoms with Crippen LogP contribution < -0.4 is 0 Å². The van der Waals surface area contributed by atoms with Crippen molar-refractivity contribution in [1.29, 1.82) is 0 Å². The molecule has 0 amide bonds. The van der Waals surface area contributed by atoms with E-state index in [-0.39, 0.29) is 0 Å². The highest BCUT2D eigenvalue weighted by atomic mass is 14.8. The van der Waals surface area contributed by atoms with Gasteiger partial charge in [-0.2, -0.15) is 0 Å². The van der Waals surface area contributed by atoms with Gasteiger partial charge in [-0.3, -0.25) is 4.99 Å². The molecule has 30 heavy (non-hydrogen) atoms. The first-order valence-electron chi connectivity index (χ1n) is 12.1. The summed E-state index contributed by atoms with van der Waals surface area (Å²) in [4.78, 5) is 4.91. The lowest BCUT2D eigenvalue weighted by Gasteiger charge is -2.16. The number of rotatable bonds is 14. The van der Waals surface area contributed by atoms with E-state index in [1.165, 1.54) is 79.3 Å². The second kappa shape index (κ2) is 12.5. The van der Waals surface area contributed by atoms with Crippen molar-refractivity contribution in [3.05, 3.63) is 83.4 Å². The van der Waals surface area contributed by atoms with Crippen LogP contribution in [0.25, 0.3) is 0 Å². The molecule has 0 spiro atoms. The second-order valence-electron chi connectivity index (χ2n) is 8.86. The number of hydrogen-bond donors (Lipinski definition) is 0. The molecule has 0 aromatic heterocycles. The van der Waals surface area contributed by atoms with Crippen LogP contribution in [0.2, 0.25) is 0 Å². The molecule has 3 rings (SSSR count). The average molecular weight is 402 g/mol. The minimum absolute atomic E-state index is 0.843. The lowest BCUT2D eigenvalue weighted by atomic mass is 9.89. The molecular formula is C29H39N. The molecule has 0 saturated carbocycles. The van der Waals surface area contributed by atoms with Gasteiger partial charge < -0.3 is 0 Å². The van der Waals surface area contributed by atoms with Crippen molar-refractivity contribution in [2.75, 3.05) is 0 Å². The van der Waals surface area contributed by atoms with Crippen molar-refractivity contribution in [2.45, 2.75) is 84.1 Å². The summed E-state index contributed by atoms with van der Waals surface area (Å²) >= 11 is 0. The third-order valence-corrected chi connectivity index (χ3v) is 6.45. The number of allylic oxidation sites excluding steroid dienone is 1. The maximum absolute atomic E-state index is 4.91. The zero-order valence-electron chi connectivity index (χ0n) is 18.9. The molecule has 0 N–H and O–H groups in total. The maximum Gasteiger partial charge on any atom is 0.0649 e. The van der Waals surface area contributed by atoms with Gasteiger partial charge in [0.15, 0.2) is 0 Å². The predicted molar refractivity (Wildman–Crippen MR) is 131 cm³/mol. The molecular weight excluding hydrogens is 362 g/mol. The summed E-state index contributed by atoms with van der Waals surface area (Å²) in [7, 11) is 0. The molecule has 1 nitrogen and oxygen atoms in total. The molecule has 1 atom stereocenters. The van der Waals surface area contributed by atoms with Crippen LogP contribution in [0.15, 0.2) is 66.2 Å². The fourth-order valence-electron chi connectivity index (χ4n) is 4.73. The zero-order chi connectivity index (χ0) is 21.0. The first-order valence-corrected chi connectivity index (χ1v) is 12.1. The lowest BCUT2D eigenvalue weighted by Crippen LogP contribution is -2.06. The summed E-state index contributed by atoms with van der Waals surface area (Å²) in [6.07, 6.45) is 15.8. The van der Waals surface area contributed by atoms with Gasteiger partial charge >= 0.3 is 0 Å². The second-order valence-corrected chi connectivity index (χ2v) is 8.86. The fourth-order valence-corrected chi connectivity index (χ4v) is 4.73. The normalized spacial score (nSPS) is 13.7. The Bertz CT molecular complexity index is 802. The predicted octanol–water partition coefficient (Wildman–Crippen LogP) is 8.11. The van der Waals surface area contributed by atoms with Crippen molar-refractivity contribution < 1.29 is 0 Å². The van der Waals surface area contributed by atoms with Gasteiger partial charge in [0.05, 0.1) is 6.54 Å². The topological polar surface area (TPSA) is 12.4 Å². The first kappa shape index (κ1) is 22.5. The van der Waals surface area contributed by atoms with E-state index in [1.54, 1.807) is 0 Å². The quantitative estimate of drug-likeness (QED) is 0.224. The Balaban J connectivity index is 1.44. The molecule has 0 radical (unpaired) electrons. The van der Waals surface area contributed by atoms with E-state index in [4.69, 9.17) is 4.99 Å². The Labute approximate surface area is 184 Å². The summed E-state index contributed by atoms with van der Waals surface area (Å²) in [5.74, 6) is 0.843. The van der Waals surface area contributed by atoms with Crippen molar-refractivity contribution in [1.82, 2.24) is 0 Å².